The maximum Gasteiger partial charge on any atom is 0.287 e. The first-order chi connectivity index (χ1) is 13.6. The Morgan fingerprint density at radius 1 is 1.03 bits per heavy atom. The zero-order valence-corrected chi connectivity index (χ0v) is 18.5. The fraction of sp³-hybridized carbons (Fsp3) is 0.118. The average molecular weight is 494 g/mol. The van der Waals surface area contributed by atoms with Crippen molar-refractivity contribution in [2.45, 2.75) is 18.4 Å². The zero-order chi connectivity index (χ0) is 21.3. The number of nitrogens with zero attached hydrogens (tertiary/aromatic N) is 3. The number of sulfonamides is 1. The lowest BCUT2D eigenvalue weighted by atomic mass is 10.2. The summed E-state index contributed by atoms with van der Waals surface area (Å²) in [6.45, 7) is 1.82. The van der Waals surface area contributed by atoms with E-state index in [9.17, 15) is 13.2 Å². The smallest absolute Gasteiger partial charge is 0.266 e. The van der Waals surface area contributed by atoms with Crippen LogP contribution in [0.15, 0.2) is 41.3 Å². The van der Waals surface area contributed by atoms with Crippen LogP contribution in [0.1, 0.15) is 21.7 Å². The Labute approximate surface area is 186 Å². The Bertz CT molecular complexity index is 1190. The molecule has 12 heteroatoms. The van der Waals surface area contributed by atoms with Crippen molar-refractivity contribution in [1.82, 2.24) is 19.7 Å². The van der Waals surface area contributed by atoms with E-state index in [0.29, 0.717) is 15.7 Å². The minimum absolute atomic E-state index is 0.0760. The molecule has 3 rings (SSSR count). The molecule has 29 heavy (non-hydrogen) atoms. The summed E-state index contributed by atoms with van der Waals surface area (Å²) in [5.74, 6) is -0.950. The molecular formula is C17H12Cl4N4O3S. The molecule has 1 heterocycles. The van der Waals surface area contributed by atoms with E-state index >= 15 is 0 Å². The van der Waals surface area contributed by atoms with Crippen LogP contribution < -0.4 is 4.72 Å². The number of nitrogens with one attached hydrogen (secondary N) is 1. The van der Waals surface area contributed by atoms with E-state index in [0.717, 1.165) is 11.6 Å². The molecule has 2 aromatic carbocycles. The molecule has 0 bridgehead atoms. The van der Waals surface area contributed by atoms with E-state index in [2.05, 4.69) is 10.3 Å². The highest BCUT2D eigenvalue weighted by Gasteiger charge is 2.25. The quantitative estimate of drug-likeness (QED) is 0.569. The van der Waals surface area contributed by atoms with Crippen LogP contribution in [0.3, 0.4) is 0 Å². The maximum atomic E-state index is 12.5. The van der Waals surface area contributed by atoms with Crippen LogP contribution in [-0.2, 0) is 16.6 Å². The number of carbonyl (C=O) groups is 1. The van der Waals surface area contributed by atoms with Crippen molar-refractivity contribution in [2.24, 2.45) is 0 Å². The van der Waals surface area contributed by atoms with Crippen molar-refractivity contribution in [3.05, 3.63) is 73.4 Å². The van der Waals surface area contributed by atoms with Crippen LogP contribution >= 0.6 is 46.4 Å². The van der Waals surface area contributed by atoms with Crippen molar-refractivity contribution in [3.63, 3.8) is 0 Å². The summed E-state index contributed by atoms with van der Waals surface area (Å²) in [6, 6.07) is 8.88. The lowest BCUT2D eigenvalue weighted by Gasteiger charge is -2.08. The molecule has 1 N–H and O–H groups in total. The lowest BCUT2D eigenvalue weighted by molar-refractivity contribution is 0.0976. The highest BCUT2D eigenvalue weighted by molar-refractivity contribution is 7.90. The predicted octanol–water partition coefficient (Wildman–Crippen LogP) is 4.37. The number of hydrogen-bond acceptors (Lipinski definition) is 5. The van der Waals surface area contributed by atoms with Crippen molar-refractivity contribution in [3.8, 4) is 0 Å². The molecule has 1 aromatic heterocycles. The summed E-state index contributed by atoms with van der Waals surface area (Å²) in [6.07, 6.45) is 0. The van der Waals surface area contributed by atoms with Crippen molar-refractivity contribution in [1.29, 1.82) is 0 Å². The van der Waals surface area contributed by atoms with Gasteiger partial charge in [-0.05, 0) is 48.9 Å². The average Bonchev–Trinajstić information content (AvgIpc) is 2.96. The van der Waals surface area contributed by atoms with Gasteiger partial charge >= 0.3 is 0 Å². The molecule has 0 aliphatic rings. The van der Waals surface area contributed by atoms with Gasteiger partial charge in [-0.15, -0.1) is 5.10 Å². The number of carbonyl (C=O) groups excluding carboxylic acids is 1. The molecule has 0 atom stereocenters. The van der Waals surface area contributed by atoms with E-state index in [1.807, 2.05) is 4.72 Å². The van der Waals surface area contributed by atoms with Crippen molar-refractivity contribution in [2.75, 3.05) is 0 Å². The number of benzene rings is 2. The number of aromatic nitrogens is 3. The van der Waals surface area contributed by atoms with Gasteiger partial charge < -0.3 is 0 Å². The molecule has 3 aromatic rings. The molecule has 1 amide bonds. The maximum absolute atomic E-state index is 12.5. The van der Waals surface area contributed by atoms with Gasteiger partial charge in [0.05, 0.1) is 17.3 Å². The largest absolute Gasteiger partial charge is 0.287 e. The molecule has 152 valence electrons. The molecule has 7 nitrogen and oxygen atoms in total. The van der Waals surface area contributed by atoms with E-state index in [1.54, 1.807) is 25.1 Å². The fourth-order valence-electron chi connectivity index (χ4n) is 2.50. The third kappa shape index (κ3) is 5.02. The second-order valence-electron chi connectivity index (χ2n) is 5.97. The second kappa shape index (κ2) is 8.49. The van der Waals surface area contributed by atoms with Gasteiger partial charge in [0, 0.05) is 15.1 Å². The number of hydrogen-bond donors (Lipinski definition) is 1. The van der Waals surface area contributed by atoms with Gasteiger partial charge in [-0.3, -0.25) is 4.79 Å². The minimum atomic E-state index is -4.27. The van der Waals surface area contributed by atoms with E-state index in [4.69, 9.17) is 46.4 Å². The predicted molar refractivity (Wildman–Crippen MR) is 111 cm³/mol. The molecule has 0 fully saturated rings. The Hall–Kier alpha value is -1.84. The Balaban J connectivity index is 1.84. The topological polar surface area (TPSA) is 93.9 Å². The first-order valence-corrected chi connectivity index (χ1v) is 10.9. The normalized spacial score (nSPS) is 11.5. The molecule has 0 aliphatic heterocycles. The molecule has 0 unspecified atom stereocenters. The van der Waals surface area contributed by atoms with Crippen LogP contribution in [0.5, 0.6) is 0 Å². The van der Waals surface area contributed by atoms with Gasteiger partial charge in [0.2, 0.25) is 0 Å². The second-order valence-corrected chi connectivity index (χ2v) is 9.34. The molecular weight excluding hydrogens is 482 g/mol. The van der Waals surface area contributed by atoms with Crippen molar-refractivity contribution < 1.29 is 13.2 Å². The van der Waals surface area contributed by atoms with Gasteiger partial charge in [-0.25, -0.2) is 17.8 Å². The van der Waals surface area contributed by atoms with E-state index in [1.165, 1.54) is 16.8 Å². The van der Waals surface area contributed by atoms with Gasteiger partial charge in [0.1, 0.15) is 4.90 Å². The molecule has 0 radical (unpaired) electrons. The fourth-order valence-corrected chi connectivity index (χ4v) is 4.79. The molecule has 0 aliphatic carbocycles. The lowest BCUT2D eigenvalue weighted by Crippen LogP contribution is -2.31. The van der Waals surface area contributed by atoms with E-state index in [-0.39, 0.29) is 27.2 Å². The highest BCUT2D eigenvalue weighted by atomic mass is 35.5. The number of amides is 1. The molecule has 0 saturated carbocycles. The van der Waals surface area contributed by atoms with Crippen LogP contribution in [-0.4, -0.2) is 29.3 Å². The third-order valence-corrected chi connectivity index (χ3v) is 6.35. The highest BCUT2D eigenvalue weighted by Crippen LogP contribution is 2.25. The Morgan fingerprint density at radius 3 is 2.34 bits per heavy atom. The van der Waals surface area contributed by atoms with Gasteiger partial charge in [0.25, 0.3) is 15.9 Å². The first-order valence-electron chi connectivity index (χ1n) is 7.94. The van der Waals surface area contributed by atoms with Crippen LogP contribution in [0, 0.1) is 6.92 Å². The molecule has 0 spiro atoms. The van der Waals surface area contributed by atoms with Gasteiger partial charge in [-0.2, -0.15) is 0 Å². The SMILES string of the molecule is Cc1c(C(=O)NS(=O)(=O)c2cc(Cl)ccc2Cl)nnn1Cc1cc(Cl)cc(Cl)c1. The third-order valence-electron chi connectivity index (χ3n) is 3.86. The Kier molecular flexibility index (Phi) is 6.40. The van der Waals surface area contributed by atoms with Gasteiger partial charge in [-0.1, -0.05) is 51.6 Å². The minimum Gasteiger partial charge on any atom is -0.266 e. The van der Waals surface area contributed by atoms with Gasteiger partial charge in [0.15, 0.2) is 5.69 Å². The summed E-state index contributed by atoms with van der Waals surface area (Å²) >= 11 is 23.7. The standard InChI is InChI=1S/C17H12Cl4N4O3S/c1-9-16(22-24-25(9)8-10-4-12(19)6-13(20)5-10)17(26)23-29(27,28)15-7-11(18)2-3-14(15)21/h2-7H,8H2,1H3,(H,23,26). The Morgan fingerprint density at radius 2 is 1.69 bits per heavy atom. The zero-order valence-electron chi connectivity index (χ0n) is 14.7. The molecule has 0 saturated heterocycles. The summed E-state index contributed by atoms with van der Waals surface area (Å²) in [4.78, 5) is 12.2. The number of rotatable bonds is 5. The van der Waals surface area contributed by atoms with Crippen LogP contribution in [0.25, 0.3) is 0 Å². The summed E-state index contributed by atoms with van der Waals surface area (Å²) in [5, 5.41) is 8.67. The summed E-state index contributed by atoms with van der Waals surface area (Å²) < 4.78 is 28.4. The van der Waals surface area contributed by atoms with Crippen LogP contribution in [0.2, 0.25) is 20.1 Å². The monoisotopic (exact) mass is 492 g/mol. The number of halogens is 4. The first kappa shape index (κ1) is 21.9. The van der Waals surface area contributed by atoms with Crippen LogP contribution in [0.4, 0.5) is 0 Å². The van der Waals surface area contributed by atoms with Crippen molar-refractivity contribution >= 4 is 62.3 Å². The summed E-state index contributed by atoms with van der Waals surface area (Å²) in [7, 11) is -4.27. The summed E-state index contributed by atoms with van der Waals surface area (Å²) in [5.41, 5.74) is 0.937. The van der Waals surface area contributed by atoms with E-state index < -0.39 is 15.9 Å².